The summed E-state index contributed by atoms with van der Waals surface area (Å²) < 4.78 is 33.1. The molecule has 0 spiro atoms. The van der Waals surface area contributed by atoms with Crippen LogP contribution in [0.25, 0.3) is 0 Å². The fourth-order valence-corrected chi connectivity index (χ4v) is 3.93. The molecule has 24 heavy (non-hydrogen) atoms. The first-order valence-corrected chi connectivity index (χ1v) is 8.79. The van der Waals surface area contributed by atoms with Crippen molar-refractivity contribution < 1.29 is 13.2 Å². The average molecular weight is 371 g/mol. The summed E-state index contributed by atoms with van der Waals surface area (Å²) in [6, 6.07) is 12.5. The van der Waals surface area contributed by atoms with E-state index in [1.165, 1.54) is 7.11 Å². The lowest BCUT2D eigenvalue weighted by Gasteiger charge is -2.17. The Morgan fingerprint density at radius 2 is 1.79 bits per heavy atom. The number of nitrogens with two attached hydrogens (primary N) is 1. The van der Waals surface area contributed by atoms with Gasteiger partial charge in [-0.25, -0.2) is 13.1 Å². The second-order valence-electron chi connectivity index (χ2n) is 5.48. The fraction of sp³-hybridized carbons (Fsp3) is 0.294. The molecule has 0 radical (unpaired) electrons. The number of benzene rings is 2. The molecule has 0 amide bonds. The number of methoxy groups -OCH3 is 1. The first kappa shape index (κ1) is 20.4. The van der Waals surface area contributed by atoms with Crippen LogP contribution in [0.5, 0.6) is 5.75 Å². The SMILES string of the molecule is COc1cc(C)cc(C)c1S(=O)(=O)NCC(N)c1ccccc1.Cl. The van der Waals surface area contributed by atoms with Gasteiger partial charge >= 0.3 is 0 Å². The predicted octanol–water partition coefficient (Wildman–Crippen LogP) is 2.71. The van der Waals surface area contributed by atoms with E-state index < -0.39 is 16.1 Å². The van der Waals surface area contributed by atoms with Crippen LogP contribution in [0.2, 0.25) is 0 Å². The van der Waals surface area contributed by atoms with Crippen molar-refractivity contribution in [2.24, 2.45) is 5.73 Å². The van der Waals surface area contributed by atoms with E-state index in [4.69, 9.17) is 10.5 Å². The molecule has 0 heterocycles. The number of aryl methyl sites for hydroxylation is 2. The number of rotatable bonds is 6. The van der Waals surface area contributed by atoms with Gasteiger partial charge in [0, 0.05) is 12.6 Å². The lowest BCUT2D eigenvalue weighted by Crippen LogP contribution is -2.32. The van der Waals surface area contributed by atoms with Crippen LogP contribution in [0, 0.1) is 13.8 Å². The normalized spacial score (nSPS) is 12.3. The highest BCUT2D eigenvalue weighted by molar-refractivity contribution is 7.89. The van der Waals surface area contributed by atoms with Gasteiger partial charge in [-0.3, -0.25) is 0 Å². The molecular weight excluding hydrogens is 348 g/mol. The van der Waals surface area contributed by atoms with E-state index in [9.17, 15) is 8.42 Å². The molecule has 0 aliphatic rings. The molecule has 1 unspecified atom stereocenters. The highest BCUT2D eigenvalue weighted by Crippen LogP contribution is 2.28. The smallest absolute Gasteiger partial charge is 0.244 e. The standard InChI is InChI=1S/C17H22N2O3S.ClH/c1-12-9-13(2)17(16(10-12)22-3)23(20,21)19-11-15(18)14-7-5-4-6-8-14;/h4-10,15,19H,11,18H2,1-3H3;1H. The number of halogens is 1. The van der Waals surface area contributed by atoms with E-state index in [1.54, 1.807) is 13.0 Å². The average Bonchev–Trinajstić information content (AvgIpc) is 2.52. The lowest BCUT2D eigenvalue weighted by atomic mass is 10.1. The Labute approximate surface area is 149 Å². The van der Waals surface area contributed by atoms with E-state index in [-0.39, 0.29) is 23.8 Å². The zero-order valence-electron chi connectivity index (χ0n) is 13.9. The molecular formula is C17H23ClN2O3S. The minimum absolute atomic E-state index is 0. The van der Waals surface area contributed by atoms with Crippen molar-refractivity contribution in [2.45, 2.75) is 24.8 Å². The molecule has 0 aromatic heterocycles. The summed E-state index contributed by atoms with van der Waals surface area (Å²) in [5.74, 6) is 0.336. The molecule has 2 aromatic rings. The van der Waals surface area contributed by atoms with Crippen LogP contribution in [-0.2, 0) is 10.0 Å². The molecule has 2 rings (SSSR count). The quantitative estimate of drug-likeness (QED) is 0.819. The summed E-state index contributed by atoms with van der Waals surface area (Å²) in [7, 11) is -2.25. The van der Waals surface area contributed by atoms with E-state index in [1.807, 2.05) is 43.3 Å². The van der Waals surface area contributed by atoms with Crippen LogP contribution in [0.1, 0.15) is 22.7 Å². The number of hydrogen-bond donors (Lipinski definition) is 2. The second kappa shape index (κ2) is 8.48. The van der Waals surface area contributed by atoms with E-state index in [2.05, 4.69) is 4.72 Å². The highest BCUT2D eigenvalue weighted by atomic mass is 35.5. The number of ether oxygens (including phenoxy) is 1. The molecule has 0 saturated carbocycles. The van der Waals surface area contributed by atoms with Gasteiger partial charge in [0.1, 0.15) is 10.6 Å². The molecule has 0 aliphatic carbocycles. The van der Waals surface area contributed by atoms with Crippen molar-refractivity contribution in [3.63, 3.8) is 0 Å². The molecule has 0 aliphatic heterocycles. The first-order chi connectivity index (χ1) is 10.8. The van der Waals surface area contributed by atoms with E-state index >= 15 is 0 Å². The Balaban J connectivity index is 0.00000288. The lowest BCUT2D eigenvalue weighted by molar-refractivity contribution is 0.401. The van der Waals surface area contributed by atoms with Crippen LogP contribution in [-0.4, -0.2) is 22.1 Å². The van der Waals surface area contributed by atoms with Crippen molar-refractivity contribution in [3.05, 3.63) is 59.2 Å². The van der Waals surface area contributed by atoms with Crippen LogP contribution < -0.4 is 15.2 Å². The number of sulfonamides is 1. The van der Waals surface area contributed by atoms with Crippen molar-refractivity contribution >= 4 is 22.4 Å². The minimum Gasteiger partial charge on any atom is -0.495 e. The van der Waals surface area contributed by atoms with Gasteiger partial charge in [-0.05, 0) is 36.6 Å². The van der Waals surface area contributed by atoms with Crippen molar-refractivity contribution in [3.8, 4) is 5.75 Å². The topological polar surface area (TPSA) is 81.4 Å². The third-order valence-corrected chi connectivity index (χ3v) is 5.20. The zero-order valence-corrected chi connectivity index (χ0v) is 15.6. The maximum Gasteiger partial charge on any atom is 0.244 e. The van der Waals surface area contributed by atoms with Gasteiger partial charge in [-0.15, -0.1) is 12.4 Å². The molecule has 0 saturated heterocycles. The third kappa shape index (κ3) is 4.70. The van der Waals surface area contributed by atoms with Crippen LogP contribution in [0.15, 0.2) is 47.4 Å². The van der Waals surface area contributed by atoms with E-state index in [0.717, 1.165) is 11.1 Å². The van der Waals surface area contributed by atoms with Gasteiger partial charge < -0.3 is 10.5 Å². The number of nitrogens with one attached hydrogen (secondary N) is 1. The molecule has 132 valence electrons. The third-order valence-electron chi connectivity index (χ3n) is 3.59. The van der Waals surface area contributed by atoms with Gasteiger partial charge in [0.15, 0.2) is 0 Å². The largest absolute Gasteiger partial charge is 0.495 e. The summed E-state index contributed by atoms with van der Waals surface area (Å²) in [4.78, 5) is 0.158. The summed E-state index contributed by atoms with van der Waals surface area (Å²) in [5, 5.41) is 0. The van der Waals surface area contributed by atoms with Crippen LogP contribution >= 0.6 is 12.4 Å². The molecule has 2 aromatic carbocycles. The zero-order chi connectivity index (χ0) is 17.0. The Hall–Kier alpha value is -1.60. The van der Waals surface area contributed by atoms with Gasteiger partial charge in [0.2, 0.25) is 10.0 Å². The molecule has 0 bridgehead atoms. The van der Waals surface area contributed by atoms with Crippen molar-refractivity contribution in [2.75, 3.05) is 13.7 Å². The maximum absolute atomic E-state index is 12.6. The Kier molecular flexibility index (Phi) is 7.23. The summed E-state index contributed by atoms with van der Waals surface area (Å²) in [6.45, 7) is 3.76. The minimum atomic E-state index is -3.71. The number of hydrogen-bond acceptors (Lipinski definition) is 4. The maximum atomic E-state index is 12.6. The first-order valence-electron chi connectivity index (χ1n) is 7.30. The van der Waals surface area contributed by atoms with Crippen LogP contribution in [0.4, 0.5) is 0 Å². The highest BCUT2D eigenvalue weighted by Gasteiger charge is 2.23. The summed E-state index contributed by atoms with van der Waals surface area (Å²) >= 11 is 0. The Bertz CT molecular complexity index is 780. The summed E-state index contributed by atoms with van der Waals surface area (Å²) in [5.41, 5.74) is 8.52. The molecule has 3 N–H and O–H groups in total. The van der Waals surface area contributed by atoms with Gasteiger partial charge in [0.25, 0.3) is 0 Å². The predicted molar refractivity (Wildman–Crippen MR) is 98.3 cm³/mol. The Morgan fingerprint density at radius 3 is 2.38 bits per heavy atom. The summed E-state index contributed by atoms with van der Waals surface area (Å²) in [6.07, 6.45) is 0. The van der Waals surface area contributed by atoms with Crippen molar-refractivity contribution in [1.29, 1.82) is 0 Å². The van der Waals surface area contributed by atoms with Gasteiger partial charge in [-0.1, -0.05) is 36.4 Å². The van der Waals surface area contributed by atoms with Gasteiger partial charge in [0.05, 0.1) is 7.11 Å². The molecule has 5 nitrogen and oxygen atoms in total. The van der Waals surface area contributed by atoms with Gasteiger partial charge in [-0.2, -0.15) is 0 Å². The van der Waals surface area contributed by atoms with E-state index in [0.29, 0.717) is 11.3 Å². The van der Waals surface area contributed by atoms with Crippen molar-refractivity contribution in [1.82, 2.24) is 4.72 Å². The molecule has 0 fully saturated rings. The molecule has 1 atom stereocenters. The fourth-order valence-electron chi connectivity index (χ4n) is 2.50. The second-order valence-corrected chi connectivity index (χ2v) is 7.19. The monoisotopic (exact) mass is 370 g/mol. The Morgan fingerprint density at radius 1 is 1.17 bits per heavy atom. The molecule has 7 heteroatoms. The van der Waals surface area contributed by atoms with Crippen LogP contribution in [0.3, 0.4) is 0 Å².